The van der Waals surface area contributed by atoms with Crippen molar-refractivity contribution in [3.05, 3.63) is 154 Å². The van der Waals surface area contributed by atoms with Crippen LogP contribution in [-0.4, -0.2) is 130 Å². The molecule has 0 amide bonds. The number of aromatic nitrogens is 6. The minimum atomic E-state index is -4.76. The number of oxime groups is 1. The van der Waals surface area contributed by atoms with Gasteiger partial charge in [0.1, 0.15) is 17.6 Å². The van der Waals surface area contributed by atoms with Crippen LogP contribution in [0.4, 0.5) is 37.7 Å². The largest absolute Gasteiger partial charge is 0.573 e. The molecule has 17 nitrogen and oxygen atoms in total. The molecule has 2 fully saturated rings. The summed E-state index contributed by atoms with van der Waals surface area (Å²) in [5.41, 5.74) is 14.5. The molecule has 2 saturated heterocycles. The first-order chi connectivity index (χ1) is 35.8. The van der Waals surface area contributed by atoms with Crippen molar-refractivity contribution in [3.63, 3.8) is 0 Å². The molecule has 0 aliphatic carbocycles. The number of piperazine rings is 2. The van der Waals surface area contributed by atoms with Crippen LogP contribution >= 0.6 is 0 Å². The van der Waals surface area contributed by atoms with Gasteiger partial charge in [-0.25, -0.2) is 19.9 Å². The molecular formula is C52H53F6N13O4. The molecule has 392 valence electrons. The van der Waals surface area contributed by atoms with Crippen molar-refractivity contribution in [2.45, 2.75) is 39.4 Å². The van der Waals surface area contributed by atoms with Crippen molar-refractivity contribution in [1.29, 1.82) is 5.26 Å². The number of halogens is 6. The quantitative estimate of drug-likeness (QED) is 0.0410. The first-order valence-electron chi connectivity index (χ1n) is 23.5. The summed E-state index contributed by atoms with van der Waals surface area (Å²) >= 11 is 0. The van der Waals surface area contributed by atoms with Gasteiger partial charge in [0.15, 0.2) is 5.84 Å². The second-order valence-corrected chi connectivity index (χ2v) is 17.6. The number of alkyl halides is 6. The number of nitriles is 1. The van der Waals surface area contributed by atoms with E-state index in [9.17, 15) is 26.3 Å². The lowest BCUT2D eigenvalue weighted by atomic mass is 10.1. The van der Waals surface area contributed by atoms with Gasteiger partial charge in [-0.3, -0.25) is 0 Å². The van der Waals surface area contributed by atoms with Gasteiger partial charge in [0.25, 0.3) is 5.89 Å². The van der Waals surface area contributed by atoms with Gasteiger partial charge in [0.05, 0.1) is 11.4 Å². The van der Waals surface area contributed by atoms with Crippen molar-refractivity contribution >= 4 is 17.2 Å². The summed E-state index contributed by atoms with van der Waals surface area (Å²) in [6.45, 7) is 12.3. The summed E-state index contributed by atoms with van der Waals surface area (Å²) in [6.07, 6.45) is -4.69. The van der Waals surface area contributed by atoms with Crippen LogP contribution in [0.1, 0.15) is 45.0 Å². The number of nitrogens with zero attached hydrogens (tertiary/aromatic N) is 12. The molecule has 75 heavy (non-hydrogen) atoms. The fraction of sp³-hybridized carbons (Fsp3) is 0.308. The van der Waals surface area contributed by atoms with Crippen molar-refractivity contribution in [3.8, 4) is 40.7 Å². The Balaban J connectivity index is 0.000000183. The van der Waals surface area contributed by atoms with E-state index in [-0.39, 0.29) is 40.7 Å². The third kappa shape index (κ3) is 16.1. The number of rotatable bonds is 11. The first kappa shape index (κ1) is 54.4. The number of nitrogens with two attached hydrogens (primary N) is 1. The van der Waals surface area contributed by atoms with Gasteiger partial charge in [-0.05, 0) is 123 Å². The molecule has 0 spiro atoms. The summed E-state index contributed by atoms with van der Waals surface area (Å²) in [4.78, 5) is 31.2. The second-order valence-electron chi connectivity index (χ2n) is 17.6. The van der Waals surface area contributed by atoms with E-state index in [1.807, 2.05) is 19.9 Å². The fourth-order valence-corrected chi connectivity index (χ4v) is 7.83. The summed E-state index contributed by atoms with van der Waals surface area (Å²) < 4.78 is 85.3. The van der Waals surface area contributed by atoms with Crippen LogP contribution < -0.4 is 25.0 Å². The zero-order valence-electron chi connectivity index (χ0n) is 41.3. The number of likely N-dealkylation sites (N-methyl/N-ethyl adjacent to an activating group) is 2. The average Bonchev–Trinajstić information content (AvgIpc) is 3.89. The van der Waals surface area contributed by atoms with E-state index in [2.05, 4.69) is 127 Å². The zero-order chi connectivity index (χ0) is 53.7. The maximum absolute atomic E-state index is 12.4. The van der Waals surface area contributed by atoms with Gasteiger partial charge in [-0.15, -0.1) is 26.3 Å². The first-order valence-corrected chi connectivity index (χ1v) is 23.5. The molecule has 3 aromatic heterocycles. The SMILES string of the molecule is Cc1cnc(-c2nc(-c3ccc(OC(F)(F)F)cc3)no2)nc1Cc1cccc(N2CCN(C)CC2)c1.Cc1cnc(C#N)nc1Cc1cccc(N2CCN(C)CC2)c1.N/C(=N\O)c1ccc(OC(F)(F)F)cc1. The highest BCUT2D eigenvalue weighted by Crippen LogP contribution is 2.28. The lowest BCUT2D eigenvalue weighted by Crippen LogP contribution is -2.44. The van der Waals surface area contributed by atoms with Crippen molar-refractivity contribution < 1.29 is 45.5 Å². The van der Waals surface area contributed by atoms with E-state index in [0.29, 0.717) is 17.5 Å². The number of anilines is 2. The van der Waals surface area contributed by atoms with Crippen LogP contribution in [0.25, 0.3) is 23.1 Å². The third-order valence-electron chi connectivity index (χ3n) is 12.0. The lowest BCUT2D eigenvalue weighted by molar-refractivity contribution is -0.275. The lowest BCUT2D eigenvalue weighted by Gasteiger charge is -2.34. The van der Waals surface area contributed by atoms with E-state index < -0.39 is 12.7 Å². The number of ether oxygens (including phenoxy) is 2. The monoisotopic (exact) mass is 1040 g/mol. The van der Waals surface area contributed by atoms with Gasteiger partial charge >= 0.3 is 12.7 Å². The molecule has 0 atom stereocenters. The molecule has 4 aromatic carbocycles. The Hall–Kier alpha value is -8.36. The van der Waals surface area contributed by atoms with E-state index in [1.165, 1.54) is 53.3 Å². The standard InChI is InChI=1S/C26H25F3N6O2.C18H21N5.C8H7F3N2O2/c1-17-16-30-24(25-32-23(33-37-25)19-6-8-21(9-7-19)36-26(27,28)29)31-22(17)15-18-4-3-5-20(14-18)35-12-10-34(2)11-13-35;1-14-13-20-18(12-19)21-17(14)11-15-4-3-5-16(10-15)23-8-6-22(2)7-9-23;9-8(10,11)15-6-3-1-5(2-4-6)7(12)13-14/h3-9,14,16H,10-13,15H2,1-2H3;3-5,10,13H,6-9,11H2,1-2H3;1-4,14H,(H2,12,13). The number of hydrogen-bond donors (Lipinski definition) is 2. The summed E-state index contributed by atoms with van der Waals surface area (Å²) in [7, 11) is 4.30. The van der Waals surface area contributed by atoms with Crippen LogP contribution in [0, 0.1) is 25.2 Å². The zero-order valence-corrected chi connectivity index (χ0v) is 41.3. The van der Waals surface area contributed by atoms with Crippen molar-refractivity contribution in [1.82, 2.24) is 39.9 Å². The van der Waals surface area contributed by atoms with Crippen molar-refractivity contribution in [2.24, 2.45) is 10.9 Å². The highest BCUT2D eigenvalue weighted by Gasteiger charge is 2.32. The maximum atomic E-state index is 12.4. The molecule has 0 radical (unpaired) electrons. The number of aryl methyl sites for hydroxylation is 2. The predicted molar refractivity (Wildman–Crippen MR) is 267 cm³/mol. The van der Waals surface area contributed by atoms with E-state index in [1.54, 1.807) is 12.4 Å². The summed E-state index contributed by atoms with van der Waals surface area (Å²) in [5, 5.41) is 23.9. The molecule has 0 saturated carbocycles. The van der Waals surface area contributed by atoms with E-state index in [0.717, 1.165) is 99.0 Å². The molecule has 0 unspecified atom stereocenters. The highest BCUT2D eigenvalue weighted by atomic mass is 19.4. The minimum absolute atomic E-state index is 0.123. The number of amidine groups is 1. The van der Waals surface area contributed by atoms with Gasteiger partial charge in [0.2, 0.25) is 17.5 Å². The number of hydrogen-bond acceptors (Lipinski definition) is 16. The van der Waals surface area contributed by atoms with Gasteiger partial charge < -0.3 is 44.5 Å². The summed E-state index contributed by atoms with van der Waals surface area (Å²) in [6, 6.07) is 29.0. The fourth-order valence-electron chi connectivity index (χ4n) is 7.83. The van der Waals surface area contributed by atoms with Gasteiger partial charge in [-0.1, -0.05) is 34.6 Å². The summed E-state index contributed by atoms with van der Waals surface area (Å²) in [5.74, 6) is -0.0293. The van der Waals surface area contributed by atoms with Crippen molar-refractivity contribution in [2.75, 3.05) is 76.3 Å². The van der Waals surface area contributed by atoms with Crippen LogP contribution in [0.3, 0.4) is 0 Å². The molecule has 23 heteroatoms. The van der Waals surface area contributed by atoms with Gasteiger partial charge in [-0.2, -0.15) is 10.2 Å². The second kappa shape index (κ2) is 24.6. The minimum Gasteiger partial charge on any atom is -0.409 e. The molecule has 9 rings (SSSR count). The Kier molecular flexibility index (Phi) is 17.8. The maximum Gasteiger partial charge on any atom is 0.573 e. The Morgan fingerprint density at radius 1 is 0.667 bits per heavy atom. The molecular weight excluding hydrogens is 985 g/mol. The third-order valence-corrected chi connectivity index (χ3v) is 12.0. The Labute approximate surface area is 428 Å². The van der Waals surface area contributed by atoms with E-state index in [4.69, 9.17) is 20.7 Å². The Morgan fingerprint density at radius 2 is 1.15 bits per heavy atom. The average molecular weight is 1040 g/mol. The van der Waals surface area contributed by atoms with E-state index >= 15 is 0 Å². The highest BCUT2D eigenvalue weighted by molar-refractivity contribution is 5.97. The molecule has 5 heterocycles. The topological polar surface area (TPSA) is 204 Å². The smallest absolute Gasteiger partial charge is 0.409 e. The Morgan fingerprint density at radius 3 is 1.63 bits per heavy atom. The molecule has 0 bridgehead atoms. The van der Waals surface area contributed by atoms with Gasteiger partial charge in [0, 0.05) is 100 Å². The van der Waals surface area contributed by atoms with Crippen LogP contribution in [-0.2, 0) is 12.8 Å². The molecule has 2 aliphatic heterocycles. The van der Waals surface area contributed by atoms with Crippen LogP contribution in [0.15, 0.2) is 119 Å². The Bertz CT molecular complexity index is 3060. The molecule has 7 aromatic rings. The van der Waals surface area contributed by atoms with Crippen LogP contribution in [0.2, 0.25) is 0 Å². The van der Waals surface area contributed by atoms with Crippen LogP contribution in [0.5, 0.6) is 11.5 Å². The number of benzene rings is 4. The normalized spacial score (nSPS) is 14.5. The molecule has 2 aliphatic rings. The molecule has 3 N–H and O–H groups in total. The predicted octanol–water partition coefficient (Wildman–Crippen LogP) is 8.42.